The van der Waals surface area contributed by atoms with Crippen molar-refractivity contribution < 1.29 is 4.42 Å². The molecule has 1 heterocycles. The summed E-state index contributed by atoms with van der Waals surface area (Å²) in [6, 6.07) is 0. The SMILES string of the molecule is CC1(C)c2ncoc2C1(C)C. The molecule has 2 rings (SSSR count). The summed E-state index contributed by atoms with van der Waals surface area (Å²) in [6.07, 6.45) is 1.54. The molecule has 0 amide bonds. The van der Waals surface area contributed by atoms with Crippen molar-refractivity contribution in [2.24, 2.45) is 0 Å². The van der Waals surface area contributed by atoms with Gasteiger partial charge in [0, 0.05) is 10.8 Å². The summed E-state index contributed by atoms with van der Waals surface area (Å²) in [6.45, 7) is 8.80. The zero-order chi connectivity index (χ0) is 8.28. The van der Waals surface area contributed by atoms with Crippen LogP contribution >= 0.6 is 0 Å². The van der Waals surface area contributed by atoms with Gasteiger partial charge in [0.25, 0.3) is 0 Å². The third-order valence-electron chi connectivity index (χ3n) is 3.29. The fraction of sp³-hybridized carbons (Fsp3) is 0.667. The number of rotatable bonds is 0. The van der Waals surface area contributed by atoms with Crippen molar-refractivity contribution in [3.63, 3.8) is 0 Å². The first kappa shape index (κ1) is 6.89. The second-order valence-electron chi connectivity index (χ2n) is 4.28. The van der Waals surface area contributed by atoms with Gasteiger partial charge in [0.15, 0.2) is 6.39 Å². The fourth-order valence-electron chi connectivity index (χ4n) is 1.65. The van der Waals surface area contributed by atoms with E-state index in [1.165, 1.54) is 0 Å². The topological polar surface area (TPSA) is 26.0 Å². The molecule has 1 aromatic rings. The summed E-state index contributed by atoms with van der Waals surface area (Å²) < 4.78 is 5.29. The lowest BCUT2D eigenvalue weighted by atomic mass is 9.55. The summed E-state index contributed by atoms with van der Waals surface area (Å²) >= 11 is 0. The van der Waals surface area contributed by atoms with Crippen molar-refractivity contribution in [1.29, 1.82) is 0 Å². The number of hydrogen-bond donors (Lipinski definition) is 0. The van der Waals surface area contributed by atoms with Crippen LogP contribution in [-0.2, 0) is 10.8 Å². The first-order valence-corrected chi connectivity index (χ1v) is 3.92. The molecule has 2 nitrogen and oxygen atoms in total. The third kappa shape index (κ3) is 0.525. The van der Waals surface area contributed by atoms with Gasteiger partial charge >= 0.3 is 0 Å². The number of aromatic nitrogens is 1. The normalized spacial score (nSPS) is 24.0. The highest BCUT2D eigenvalue weighted by atomic mass is 16.3. The predicted molar refractivity (Wildman–Crippen MR) is 42.6 cm³/mol. The Kier molecular flexibility index (Phi) is 0.952. The summed E-state index contributed by atoms with van der Waals surface area (Å²) in [4.78, 5) is 4.18. The Morgan fingerprint density at radius 2 is 1.82 bits per heavy atom. The summed E-state index contributed by atoms with van der Waals surface area (Å²) in [5.41, 5.74) is 1.45. The van der Waals surface area contributed by atoms with E-state index in [9.17, 15) is 0 Å². The first-order chi connectivity index (χ1) is 4.98. The Balaban J connectivity index is 2.63. The van der Waals surface area contributed by atoms with Gasteiger partial charge in [-0.05, 0) is 0 Å². The van der Waals surface area contributed by atoms with Gasteiger partial charge in [0.05, 0.1) is 5.69 Å². The minimum Gasteiger partial charge on any atom is -0.448 e. The van der Waals surface area contributed by atoms with E-state index in [1.54, 1.807) is 6.39 Å². The quantitative estimate of drug-likeness (QED) is 0.568. The molecular formula is C9H13NO. The maximum absolute atomic E-state index is 5.29. The van der Waals surface area contributed by atoms with Crippen LogP contribution in [0.5, 0.6) is 0 Å². The molecule has 1 aliphatic carbocycles. The van der Waals surface area contributed by atoms with Crippen molar-refractivity contribution in [3.05, 3.63) is 17.8 Å². The fourth-order valence-corrected chi connectivity index (χ4v) is 1.65. The highest BCUT2D eigenvalue weighted by molar-refractivity contribution is 5.42. The summed E-state index contributed by atoms with van der Waals surface area (Å²) in [7, 11) is 0. The van der Waals surface area contributed by atoms with Crippen LogP contribution in [0.4, 0.5) is 0 Å². The van der Waals surface area contributed by atoms with Crippen molar-refractivity contribution in [2.75, 3.05) is 0 Å². The van der Waals surface area contributed by atoms with Crippen LogP contribution in [0.1, 0.15) is 39.1 Å². The zero-order valence-corrected chi connectivity index (χ0v) is 7.43. The second-order valence-corrected chi connectivity index (χ2v) is 4.28. The standard InChI is InChI=1S/C9H13NO/c1-8(2)6-7(9(8,3)4)11-5-10-6/h5H,1-4H3. The molecule has 0 saturated carbocycles. The molecule has 11 heavy (non-hydrogen) atoms. The van der Waals surface area contributed by atoms with E-state index >= 15 is 0 Å². The number of fused-ring (bicyclic) bond motifs is 1. The minimum absolute atomic E-state index is 0.152. The zero-order valence-electron chi connectivity index (χ0n) is 7.43. The van der Waals surface area contributed by atoms with E-state index in [0.29, 0.717) is 0 Å². The molecule has 0 bridgehead atoms. The van der Waals surface area contributed by atoms with Gasteiger partial charge in [-0.15, -0.1) is 0 Å². The molecule has 0 unspecified atom stereocenters. The van der Waals surface area contributed by atoms with E-state index in [-0.39, 0.29) is 10.8 Å². The third-order valence-corrected chi connectivity index (χ3v) is 3.29. The first-order valence-electron chi connectivity index (χ1n) is 3.92. The largest absolute Gasteiger partial charge is 0.448 e. The molecule has 0 aromatic carbocycles. The molecule has 0 N–H and O–H groups in total. The van der Waals surface area contributed by atoms with Crippen molar-refractivity contribution in [3.8, 4) is 0 Å². The maximum atomic E-state index is 5.29. The van der Waals surface area contributed by atoms with Crippen LogP contribution in [-0.4, -0.2) is 4.98 Å². The van der Waals surface area contributed by atoms with Crippen molar-refractivity contribution in [1.82, 2.24) is 4.98 Å². The van der Waals surface area contributed by atoms with E-state index < -0.39 is 0 Å². The Hall–Kier alpha value is -0.790. The molecule has 0 fully saturated rings. The molecule has 1 aromatic heterocycles. The summed E-state index contributed by atoms with van der Waals surface area (Å²) in [5.74, 6) is 1.06. The molecular weight excluding hydrogens is 138 g/mol. The van der Waals surface area contributed by atoms with Gasteiger partial charge in [0.1, 0.15) is 5.76 Å². The number of oxazole rings is 1. The van der Waals surface area contributed by atoms with Gasteiger partial charge in [-0.2, -0.15) is 0 Å². The van der Waals surface area contributed by atoms with E-state index in [1.807, 2.05) is 0 Å². The van der Waals surface area contributed by atoms with Crippen molar-refractivity contribution in [2.45, 2.75) is 38.5 Å². The Morgan fingerprint density at radius 1 is 1.18 bits per heavy atom. The highest BCUT2D eigenvalue weighted by Crippen LogP contribution is 2.54. The highest BCUT2D eigenvalue weighted by Gasteiger charge is 2.55. The van der Waals surface area contributed by atoms with E-state index in [0.717, 1.165) is 11.5 Å². The van der Waals surface area contributed by atoms with Crippen LogP contribution in [0.15, 0.2) is 10.8 Å². The molecule has 2 heteroatoms. The average Bonchev–Trinajstić information content (AvgIpc) is 2.32. The average molecular weight is 151 g/mol. The predicted octanol–water partition coefficient (Wildman–Crippen LogP) is 2.24. The molecule has 60 valence electrons. The molecule has 0 atom stereocenters. The van der Waals surface area contributed by atoms with Crippen LogP contribution < -0.4 is 0 Å². The van der Waals surface area contributed by atoms with Gasteiger partial charge in [-0.25, -0.2) is 4.98 Å². The Bertz CT molecular complexity index is 268. The smallest absolute Gasteiger partial charge is 0.181 e. The second kappa shape index (κ2) is 1.52. The van der Waals surface area contributed by atoms with Crippen LogP contribution in [0, 0.1) is 0 Å². The number of hydrogen-bond acceptors (Lipinski definition) is 2. The van der Waals surface area contributed by atoms with E-state index in [2.05, 4.69) is 32.7 Å². The molecule has 0 spiro atoms. The van der Waals surface area contributed by atoms with Gasteiger partial charge in [-0.3, -0.25) is 0 Å². The molecule has 0 aliphatic heterocycles. The lowest BCUT2D eigenvalue weighted by Gasteiger charge is -2.48. The van der Waals surface area contributed by atoms with Crippen LogP contribution in [0.2, 0.25) is 0 Å². The number of nitrogens with zero attached hydrogens (tertiary/aromatic N) is 1. The molecule has 0 radical (unpaired) electrons. The lowest BCUT2D eigenvalue weighted by molar-refractivity contribution is 0.187. The van der Waals surface area contributed by atoms with Crippen LogP contribution in [0.25, 0.3) is 0 Å². The van der Waals surface area contributed by atoms with Crippen LogP contribution in [0.3, 0.4) is 0 Å². The molecule has 1 aliphatic rings. The Morgan fingerprint density at radius 3 is 2.36 bits per heavy atom. The summed E-state index contributed by atoms with van der Waals surface area (Å²) in [5, 5.41) is 0. The van der Waals surface area contributed by atoms with Crippen molar-refractivity contribution >= 4 is 0 Å². The van der Waals surface area contributed by atoms with Gasteiger partial charge in [0.2, 0.25) is 0 Å². The van der Waals surface area contributed by atoms with E-state index in [4.69, 9.17) is 4.42 Å². The lowest BCUT2D eigenvalue weighted by Crippen LogP contribution is -2.50. The molecule has 0 saturated heterocycles. The minimum atomic E-state index is 0.152. The van der Waals surface area contributed by atoms with Gasteiger partial charge < -0.3 is 4.42 Å². The monoisotopic (exact) mass is 151 g/mol. The Labute approximate surface area is 66.6 Å². The van der Waals surface area contributed by atoms with Gasteiger partial charge in [-0.1, -0.05) is 27.7 Å². The maximum Gasteiger partial charge on any atom is 0.181 e.